The Morgan fingerprint density at radius 2 is 1.21 bits per heavy atom. The largest absolute Gasteiger partial charge is 0.497 e. The summed E-state index contributed by atoms with van der Waals surface area (Å²) in [4.78, 5) is 61.1. The molecule has 0 unspecified atom stereocenters. The van der Waals surface area contributed by atoms with E-state index in [0.717, 1.165) is 26.1 Å². The second kappa shape index (κ2) is 16.8. The molecule has 0 bridgehead atoms. The number of carboxylic acid groups (broad SMARTS) is 2. The molecule has 250 valence electrons. The number of ether oxygens (including phenoxy) is 4. The SMILES string of the molecule is CC(=O)N[C@@]1(C)CCN(Cc2ccccc2)C1.COc1ccc(C(=O)O[C@@H](C(=O)O)[C@@H](OC(=O)c2ccc(OC)cc2)C(=O)O)cc1. The van der Waals surface area contributed by atoms with E-state index >= 15 is 0 Å². The molecule has 13 nitrogen and oxygen atoms in total. The molecule has 3 aromatic rings. The molecule has 1 aliphatic heterocycles. The van der Waals surface area contributed by atoms with Crippen LogP contribution in [-0.4, -0.2) is 90.0 Å². The third-order valence-corrected chi connectivity index (χ3v) is 7.16. The number of hydrogen-bond donors (Lipinski definition) is 3. The lowest BCUT2D eigenvalue weighted by Crippen LogP contribution is -2.46. The van der Waals surface area contributed by atoms with Crippen molar-refractivity contribution in [2.24, 2.45) is 0 Å². The van der Waals surface area contributed by atoms with Crippen LogP contribution in [0.3, 0.4) is 0 Å². The topological polar surface area (TPSA) is 178 Å². The molecule has 13 heteroatoms. The first-order valence-electron chi connectivity index (χ1n) is 14.5. The molecule has 47 heavy (non-hydrogen) atoms. The summed E-state index contributed by atoms with van der Waals surface area (Å²) >= 11 is 0. The molecule has 1 saturated heterocycles. The number of rotatable bonds is 12. The highest BCUT2D eigenvalue weighted by Gasteiger charge is 2.41. The molecule has 3 N–H and O–H groups in total. The molecule has 1 fully saturated rings. The zero-order chi connectivity index (χ0) is 34.6. The number of methoxy groups -OCH3 is 2. The number of amides is 1. The second-order valence-corrected chi connectivity index (χ2v) is 11.0. The highest BCUT2D eigenvalue weighted by atomic mass is 16.6. The van der Waals surface area contributed by atoms with Gasteiger partial charge in [0.15, 0.2) is 0 Å². The predicted octanol–water partition coefficient (Wildman–Crippen LogP) is 3.41. The molecule has 0 aromatic heterocycles. The van der Waals surface area contributed by atoms with E-state index < -0.39 is 36.1 Å². The molecule has 1 aliphatic rings. The van der Waals surface area contributed by atoms with E-state index in [1.54, 1.807) is 6.92 Å². The van der Waals surface area contributed by atoms with Crippen molar-refractivity contribution in [2.75, 3.05) is 27.3 Å². The van der Waals surface area contributed by atoms with E-state index in [4.69, 9.17) is 18.9 Å². The third-order valence-electron chi connectivity index (χ3n) is 7.16. The van der Waals surface area contributed by atoms with E-state index in [1.807, 2.05) is 6.07 Å². The Hall–Kier alpha value is -5.43. The first-order valence-corrected chi connectivity index (χ1v) is 14.5. The molecule has 3 aromatic carbocycles. The van der Waals surface area contributed by atoms with Gasteiger partial charge in [0.05, 0.1) is 30.9 Å². The Kier molecular flexibility index (Phi) is 12.9. The summed E-state index contributed by atoms with van der Waals surface area (Å²) in [6, 6.07) is 21.4. The summed E-state index contributed by atoms with van der Waals surface area (Å²) in [6.07, 6.45) is -3.53. The Bertz CT molecular complexity index is 1450. The summed E-state index contributed by atoms with van der Waals surface area (Å²) in [5, 5.41) is 21.8. The van der Waals surface area contributed by atoms with Gasteiger partial charge in [0.2, 0.25) is 18.1 Å². The maximum atomic E-state index is 12.2. The number of benzene rings is 3. The standard InChI is InChI=1S/C20H18O10.C14H20N2O/c1-27-13-7-3-11(4-8-13)19(25)29-15(17(21)22)16(18(23)24)30-20(26)12-5-9-14(28-2)10-6-12;1-12(17)15-14(2)8-9-16(11-14)10-13-6-4-3-5-7-13/h3-10,15-16H,1-2H3,(H,21,22)(H,23,24);3-7H,8-11H2,1-2H3,(H,15,17)/t15-,16-;14-/m10/s1. The zero-order valence-electron chi connectivity index (χ0n) is 26.5. The minimum Gasteiger partial charge on any atom is -0.497 e. The molecule has 0 aliphatic carbocycles. The summed E-state index contributed by atoms with van der Waals surface area (Å²) < 4.78 is 19.5. The number of esters is 2. The van der Waals surface area contributed by atoms with Gasteiger partial charge in [-0.25, -0.2) is 19.2 Å². The third kappa shape index (κ3) is 10.9. The number of likely N-dealkylation sites (tertiary alicyclic amines) is 1. The fourth-order valence-electron chi connectivity index (χ4n) is 4.86. The molecule has 3 atom stereocenters. The van der Waals surface area contributed by atoms with Gasteiger partial charge in [-0.15, -0.1) is 0 Å². The lowest BCUT2D eigenvalue weighted by Gasteiger charge is -2.25. The zero-order valence-corrected chi connectivity index (χ0v) is 26.5. The fourth-order valence-corrected chi connectivity index (χ4v) is 4.86. The van der Waals surface area contributed by atoms with E-state index in [-0.39, 0.29) is 22.6 Å². The minimum absolute atomic E-state index is 0.0485. The van der Waals surface area contributed by atoms with Gasteiger partial charge in [-0.05, 0) is 67.4 Å². The van der Waals surface area contributed by atoms with Crippen LogP contribution in [0.15, 0.2) is 78.9 Å². The van der Waals surface area contributed by atoms with Crippen LogP contribution >= 0.6 is 0 Å². The van der Waals surface area contributed by atoms with E-state index in [2.05, 4.69) is 41.4 Å². The molecule has 0 spiro atoms. The number of aliphatic carboxylic acids is 2. The number of hydrogen-bond acceptors (Lipinski definition) is 10. The first kappa shape index (κ1) is 36.0. The van der Waals surface area contributed by atoms with Crippen LogP contribution in [0.25, 0.3) is 0 Å². The summed E-state index contributed by atoms with van der Waals surface area (Å²) in [7, 11) is 2.84. The number of carboxylic acids is 2. The van der Waals surface area contributed by atoms with Crippen molar-refractivity contribution in [2.45, 2.75) is 44.6 Å². The lowest BCUT2D eigenvalue weighted by molar-refractivity contribution is -0.166. The second-order valence-electron chi connectivity index (χ2n) is 11.0. The molecule has 4 rings (SSSR count). The fraction of sp³-hybridized carbons (Fsp3) is 0.324. The molecular weight excluding hydrogens is 612 g/mol. The summed E-state index contributed by atoms with van der Waals surface area (Å²) in [5.74, 6) is -4.88. The summed E-state index contributed by atoms with van der Waals surface area (Å²) in [5.41, 5.74) is 1.18. The van der Waals surface area contributed by atoms with Crippen molar-refractivity contribution in [1.29, 1.82) is 0 Å². The van der Waals surface area contributed by atoms with Crippen molar-refractivity contribution in [1.82, 2.24) is 10.2 Å². The Labute approximate surface area is 272 Å². The molecular formula is C34H38N2O11. The van der Waals surface area contributed by atoms with Crippen LogP contribution in [-0.2, 0) is 30.4 Å². The maximum Gasteiger partial charge on any atom is 0.349 e. The van der Waals surface area contributed by atoms with Crippen LogP contribution < -0.4 is 14.8 Å². The average molecular weight is 651 g/mol. The Morgan fingerprint density at radius 1 is 0.766 bits per heavy atom. The first-order chi connectivity index (χ1) is 22.3. The Balaban J connectivity index is 0.000000297. The van der Waals surface area contributed by atoms with Crippen molar-refractivity contribution in [3.8, 4) is 11.5 Å². The highest BCUT2D eigenvalue weighted by Crippen LogP contribution is 2.22. The number of nitrogens with zero attached hydrogens (tertiary/aromatic N) is 1. The van der Waals surface area contributed by atoms with Gasteiger partial charge >= 0.3 is 23.9 Å². The van der Waals surface area contributed by atoms with Crippen LogP contribution in [0.4, 0.5) is 0 Å². The van der Waals surface area contributed by atoms with Crippen molar-refractivity contribution in [3.05, 3.63) is 95.6 Å². The Morgan fingerprint density at radius 3 is 1.60 bits per heavy atom. The summed E-state index contributed by atoms with van der Waals surface area (Å²) in [6.45, 7) is 6.66. The number of nitrogens with one attached hydrogen (secondary N) is 1. The minimum atomic E-state index is -2.28. The van der Waals surface area contributed by atoms with E-state index in [0.29, 0.717) is 11.5 Å². The number of carbonyl (C=O) groups is 5. The van der Waals surface area contributed by atoms with Gasteiger partial charge < -0.3 is 34.5 Å². The van der Waals surface area contributed by atoms with Crippen LogP contribution in [0.2, 0.25) is 0 Å². The van der Waals surface area contributed by atoms with Crippen molar-refractivity contribution < 1.29 is 53.1 Å². The molecule has 0 saturated carbocycles. The molecule has 1 amide bonds. The van der Waals surface area contributed by atoms with Gasteiger partial charge in [0, 0.05) is 26.6 Å². The van der Waals surface area contributed by atoms with Crippen LogP contribution in [0, 0.1) is 0 Å². The predicted molar refractivity (Wildman–Crippen MR) is 168 cm³/mol. The monoisotopic (exact) mass is 650 g/mol. The van der Waals surface area contributed by atoms with Gasteiger partial charge in [0.1, 0.15) is 11.5 Å². The smallest absolute Gasteiger partial charge is 0.349 e. The van der Waals surface area contributed by atoms with Gasteiger partial charge in [-0.1, -0.05) is 30.3 Å². The van der Waals surface area contributed by atoms with Gasteiger partial charge in [-0.2, -0.15) is 0 Å². The normalized spacial score (nSPS) is 16.8. The van der Waals surface area contributed by atoms with Gasteiger partial charge in [0.25, 0.3) is 0 Å². The van der Waals surface area contributed by atoms with Gasteiger partial charge in [-0.3, -0.25) is 9.69 Å². The van der Waals surface area contributed by atoms with Crippen molar-refractivity contribution in [3.63, 3.8) is 0 Å². The molecule has 0 radical (unpaired) electrons. The highest BCUT2D eigenvalue weighted by molar-refractivity contribution is 5.95. The maximum absolute atomic E-state index is 12.2. The van der Waals surface area contributed by atoms with E-state index in [1.165, 1.54) is 68.3 Å². The van der Waals surface area contributed by atoms with Crippen LogP contribution in [0.5, 0.6) is 11.5 Å². The lowest BCUT2D eigenvalue weighted by atomic mass is 10.0. The average Bonchev–Trinajstić information content (AvgIpc) is 3.41. The molecule has 1 heterocycles. The van der Waals surface area contributed by atoms with Crippen LogP contribution in [0.1, 0.15) is 46.5 Å². The number of carbonyl (C=O) groups excluding carboxylic acids is 3. The quantitative estimate of drug-likeness (QED) is 0.244. The van der Waals surface area contributed by atoms with Crippen molar-refractivity contribution >= 4 is 29.8 Å². The van der Waals surface area contributed by atoms with E-state index in [9.17, 15) is 34.2 Å².